The number of hydrazine groups is 1. The van der Waals surface area contributed by atoms with Crippen LogP contribution >= 0.6 is 0 Å². The maximum atomic E-state index is 13.7. The summed E-state index contributed by atoms with van der Waals surface area (Å²) in [4.78, 5) is 30.8. The van der Waals surface area contributed by atoms with Gasteiger partial charge in [-0.1, -0.05) is 24.3 Å². The highest BCUT2D eigenvalue weighted by Gasteiger charge is 2.24. The third kappa shape index (κ3) is 4.58. The van der Waals surface area contributed by atoms with Crippen LogP contribution in [0.5, 0.6) is 5.75 Å². The fourth-order valence-corrected chi connectivity index (χ4v) is 2.54. The van der Waals surface area contributed by atoms with E-state index in [0.29, 0.717) is 18.0 Å². The van der Waals surface area contributed by atoms with Crippen LogP contribution in [-0.2, 0) is 0 Å². The summed E-state index contributed by atoms with van der Waals surface area (Å²) in [6.07, 6.45) is 1.08. The summed E-state index contributed by atoms with van der Waals surface area (Å²) in [6, 6.07) is 12.2. The quantitative estimate of drug-likeness (QED) is 0.379. The van der Waals surface area contributed by atoms with Gasteiger partial charge in [0.15, 0.2) is 0 Å². The number of anilines is 3. The van der Waals surface area contributed by atoms with Crippen molar-refractivity contribution in [2.75, 3.05) is 17.3 Å². The molecule has 0 aliphatic rings. The molecule has 1 aromatic heterocycles. The number of amides is 1. The molecule has 0 unspecified atom stereocenters. The molecular weight excluding hydrogens is 395 g/mol. The lowest BCUT2D eigenvalue weighted by Crippen LogP contribution is -2.31. The number of hydrogen-bond acceptors (Lipinski definition) is 8. The molecule has 0 radical (unpaired) electrons. The molecule has 0 aliphatic heterocycles. The van der Waals surface area contributed by atoms with Crippen molar-refractivity contribution in [1.82, 2.24) is 15.4 Å². The number of benzene rings is 2. The predicted octanol–water partition coefficient (Wildman–Crippen LogP) is 3.42. The van der Waals surface area contributed by atoms with Crippen LogP contribution < -0.4 is 20.9 Å². The van der Waals surface area contributed by atoms with E-state index < -0.39 is 22.3 Å². The number of ether oxygens (including phenoxy) is 1. The number of hydrogen-bond donors (Lipinski definition) is 3. The summed E-state index contributed by atoms with van der Waals surface area (Å²) >= 11 is 0. The molecule has 154 valence electrons. The third-order valence-corrected chi connectivity index (χ3v) is 3.86. The lowest BCUT2D eigenvalue weighted by molar-refractivity contribution is -0.383. The van der Waals surface area contributed by atoms with Crippen molar-refractivity contribution in [3.8, 4) is 5.75 Å². The summed E-state index contributed by atoms with van der Waals surface area (Å²) < 4.78 is 19.2. The highest BCUT2D eigenvalue weighted by molar-refractivity contribution is 5.95. The molecule has 0 saturated carbocycles. The Kier molecular flexibility index (Phi) is 6.33. The molecule has 3 N–H and O–H groups in total. The topological polar surface area (TPSA) is 131 Å². The molecule has 2 aromatic carbocycles. The first-order valence-electron chi connectivity index (χ1n) is 8.80. The van der Waals surface area contributed by atoms with Crippen molar-refractivity contribution in [3.05, 3.63) is 76.4 Å². The molecule has 0 fully saturated rings. The molecule has 3 aromatic rings. The normalized spacial score (nSPS) is 10.2. The molecule has 1 heterocycles. The van der Waals surface area contributed by atoms with Gasteiger partial charge in [-0.2, -0.15) is 0 Å². The fraction of sp³-hybridized carbons (Fsp3) is 0.105. The van der Waals surface area contributed by atoms with Gasteiger partial charge in [-0.3, -0.25) is 25.8 Å². The van der Waals surface area contributed by atoms with Crippen LogP contribution in [0.3, 0.4) is 0 Å². The van der Waals surface area contributed by atoms with E-state index in [4.69, 9.17) is 4.74 Å². The van der Waals surface area contributed by atoms with Gasteiger partial charge >= 0.3 is 5.69 Å². The number of para-hydroxylation sites is 2. The molecule has 30 heavy (non-hydrogen) atoms. The van der Waals surface area contributed by atoms with Crippen LogP contribution in [-0.4, -0.2) is 27.4 Å². The SMILES string of the molecule is CCOc1ccccc1Nc1ncnc(NNC(=O)c2ccccc2F)c1[N+](=O)[O-]. The smallest absolute Gasteiger partial charge is 0.355 e. The Labute approximate surface area is 170 Å². The minimum Gasteiger partial charge on any atom is -0.492 e. The summed E-state index contributed by atoms with van der Waals surface area (Å²) in [7, 11) is 0. The first-order valence-corrected chi connectivity index (χ1v) is 8.80. The second kappa shape index (κ2) is 9.28. The summed E-state index contributed by atoms with van der Waals surface area (Å²) in [6.45, 7) is 2.21. The largest absolute Gasteiger partial charge is 0.492 e. The third-order valence-electron chi connectivity index (χ3n) is 3.86. The van der Waals surface area contributed by atoms with E-state index >= 15 is 0 Å². The van der Waals surface area contributed by atoms with Crippen molar-refractivity contribution in [3.63, 3.8) is 0 Å². The first kappa shape index (κ1) is 20.5. The second-order valence-corrected chi connectivity index (χ2v) is 5.79. The van der Waals surface area contributed by atoms with Gasteiger partial charge in [-0.15, -0.1) is 0 Å². The lowest BCUT2D eigenvalue weighted by Gasteiger charge is -2.13. The molecule has 3 rings (SSSR count). The van der Waals surface area contributed by atoms with E-state index in [9.17, 15) is 19.3 Å². The number of carbonyl (C=O) groups is 1. The number of carbonyl (C=O) groups excluding carboxylic acids is 1. The van der Waals surface area contributed by atoms with E-state index in [1.54, 1.807) is 24.3 Å². The summed E-state index contributed by atoms with van der Waals surface area (Å²) in [5.74, 6) is -1.47. The zero-order chi connectivity index (χ0) is 21.5. The van der Waals surface area contributed by atoms with Crippen molar-refractivity contribution in [2.24, 2.45) is 0 Å². The van der Waals surface area contributed by atoms with Gasteiger partial charge in [0.05, 0.1) is 22.8 Å². The van der Waals surface area contributed by atoms with Crippen LogP contribution in [0.4, 0.5) is 27.4 Å². The highest BCUT2D eigenvalue weighted by Crippen LogP contribution is 2.34. The van der Waals surface area contributed by atoms with E-state index in [2.05, 4.69) is 26.1 Å². The van der Waals surface area contributed by atoms with E-state index in [0.717, 1.165) is 12.4 Å². The van der Waals surface area contributed by atoms with Crippen molar-refractivity contribution in [1.29, 1.82) is 0 Å². The lowest BCUT2D eigenvalue weighted by atomic mass is 10.2. The Morgan fingerprint density at radius 3 is 2.57 bits per heavy atom. The Bertz CT molecular complexity index is 1080. The van der Waals surface area contributed by atoms with Crippen molar-refractivity contribution >= 4 is 28.9 Å². The average molecular weight is 412 g/mol. The molecule has 0 aliphatic carbocycles. The molecule has 0 bridgehead atoms. The Hall–Kier alpha value is -4.28. The van der Waals surface area contributed by atoms with Crippen LogP contribution in [0.1, 0.15) is 17.3 Å². The van der Waals surface area contributed by atoms with Crippen molar-refractivity contribution < 1.29 is 18.8 Å². The number of nitro groups is 1. The van der Waals surface area contributed by atoms with Crippen LogP contribution in [0.15, 0.2) is 54.9 Å². The van der Waals surface area contributed by atoms with Crippen LogP contribution in [0, 0.1) is 15.9 Å². The maximum Gasteiger partial charge on any atom is 0.355 e. The highest BCUT2D eigenvalue weighted by atomic mass is 19.1. The summed E-state index contributed by atoms with van der Waals surface area (Å²) in [5, 5.41) is 14.5. The van der Waals surface area contributed by atoms with Gasteiger partial charge in [0.25, 0.3) is 5.91 Å². The second-order valence-electron chi connectivity index (χ2n) is 5.79. The average Bonchev–Trinajstić information content (AvgIpc) is 2.74. The van der Waals surface area contributed by atoms with E-state index in [1.807, 2.05) is 6.92 Å². The zero-order valence-electron chi connectivity index (χ0n) is 15.8. The van der Waals surface area contributed by atoms with Crippen LogP contribution in [0.2, 0.25) is 0 Å². The molecule has 0 spiro atoms. The molecule has 0 atom stereocenters. The maximum absolute atomic E-state index is 13.7. The number of halogens is 1. The monoisotopic (exact) mass is 412 g/mol. The van der Waals surface area contributed by atoms with Gasteiger partial charge in [0.2, 0.25) is 11.6 Å². The number of rotatable bonds is 8. The van der Waals surface area contributed by atoms with Crippen LogP contribution in [0.25, 0.3) is 0 Å². The molecule has 0 saturated heterocycles. The van der Waals surface area contributed by atoms with Gasteiger partial charge in [-0.05, 0) is 31.2 Å². The Morgan fingerprint density at radius 1 is 1.13 bits per heavy atom. The summed E-state index contributed by atoms with van der Waals surface area (Å²) in [5.41, 5.74) is 4.27. The number of nitrogens with one attached hydrogen (secondary N) is 3. The minimum atomic E-state index is -0.822. The number of aromatic nitrogens is 2. The Balaban J connectivity index is 1.86. The number of nitrogens with zero attached hydrogens (tertiary/aromatic N) is 3. The minimum absolute atomic E-state index is 0.121. The van der Waals surface area contributed by atoms with E-state index in [1.165, 1.54) is 18.2 Å². The first-order chi connectivity index (χ1) is 14.5. The molecular formula is C19H17FN6O4. The van der Waals surface area contributed by atoms with E-state index in [-0.39, 0.29) is 17.2 Å². The van der Waals surface area contributed by atoms with Gasteiger partial charge in [-0.25, -0.2) is 14.4 Å². The molecule has 10 nitrogen and oxygen atoms in total. The Morgan fingerprint density at radius 2 is 1.83 bits per heavy atom. The fourth-order valence-electron chi connectivity index (χ4n) is 2.54. The standard InChI is InChI=1S/C19H17FN6O4/c1-2-30-15-10-6-5-9-14(15)23-17-16(26(28)29)18(22-11-21-17)24-25-19(27)12-7-3-4-8-13(12)20/h3-11H,2H2,1H3,(H,25,27)(H2,21,22,23,24). The predicted molar refractivity (Wildman–Crippen MR) is 107 cm³/mol. The van der Waals surface area contributed by atoms with Crippen molar-refractivity contribution in [2.45, 2.75) is 6.92 Å². The molecule has 1 amide bonds. The van der Waals surface area contributed by atoms with Gasteiger partial charge < -0.3 is 10.1 Å². The molecule has 11 heteroatoms. The van der Waals surface area contributed by atoms with Gasteiger partial charge in [0.1, 0.15) is 17.9 Å². The zero-order valence-corrected chi connectivity index (χ0v) is 15.8. The van der Waals surface area contributed by atoms with Gasteiger partial charge in [0, 0.05) is 0 Å².